The number of hydrogen-bond donors (Lipinski definition) is 0. The lowest BCUT2D eigenvalue weighted by Crippen LogP contribution is -2.33. The largest absolute Gasteiger partial charge is 0.494 e. The average Bonchev–Trinajstić information content (AvgIpc) is 3.37. The highest BCUT2D eigenvalue weighted by Gasteiger charge is 2.34. The van der Waals surface area contributed by atoms with Crippen molar-refractivity contribution in [1.82, 2.24) is 0 Å². The lowest BCUT2D eigenvalue weighted by molar-refractivity contribution is -0.137. The molecule has 0 bridgehead atoms. The fourth-order valence-electron chi connectivity index (χ4n) is 4.55. The van der Waals surface area contributed by atoms with Gasteiger partial charge in [0.2, 0.25) is 0 Å². The van der Waals surface area contributed by atoms with Gasteiger partial charge in [-0.1, -0.05) is 12.1 Å². The Morgan fingerprint density at radius 3 is 2.35 bits per heavy atom. The van der Waals surface area contributed by atoms with Gasteiger partial charge in [0.1, 0.15) is 5.75 Å². The molecule has 5 nitrogen and oxygen atoms in total. The van der Waals surface area contributed by atoms with Gasteiger partial charge in [0.25, 0.3) is 0 Å². The lowest BCUT2D eigenvalue weighted by Gasteiger charge is -2.34. The molecule has 2 fully saturated rings. The molecule has 2 aromatic carbocycles. The number of halogens is 3. The molecule has 4 rings (SSSR count). The maximum Gasteiger partial charge on any atom is 0.417 e. The molecule has 0 aliphatic carbocycles. The van der Waals surface area contributed by atoms with Crippen molar-refractivity contribution in [2.45, 2.75) is 50.5 Å². The molecule has 0 saturated carbocycles. The number of benzene rings is 2. The molecule has 2 aliphatic heterocycles. The first-order valence-corrected chi connectivity index (χ1v) is 11.8. The molecule has 0 aromatic heterocycles. The Bertz CT molecular complexity index is 974. The molecule has 8 heteroatoms. The third-order valence-electron chi connectivity index (χ3n) is 6.43. The van der Waals surface area contributed by atoms with Crippen LogP contribution in [0.3, 0.4) is 0 Å². The predicted molar refractivity (Wildman–Crippen MR) is 122 cm³/mol. The Labute approximate surface area is 198 Å². The number of nitriles is 1. The number of nitrogens with zero attached hydrogens (tertiary/aromatic N) is 2. The van der Waals surface area contributed by atoms with Gasteiger partial charge in [-0.25, -0.2) is 0 Å². The summed E-state index contributed by atoms with van der Waals surface area (Å²) in [4.78, 5) is 1.96. The number of unbranched alkanes of at least 4 members (excludes halogenated alkanes) is 1. The van der Waals surface area contributed by atoms with Crippen LogP contribution in [-0.4, -0.2) is 39.2 Å². The minimum Gasteiger partial charge on any atom is -0.494 e. The summed E-state index contributed by atoms with van der Waals surface area (Å²) in [5.41, 5.74) is 0.522. The van der Waals surface area contributed by atoms with E-state index in [1.54, 1.807) is 12.1 Å². The maximum absolute atomic E-state index is 13.3. The minimum absolute atomic E-state index is 0.0608. The first-order chi connectivity index (χ1) is 16.4. The van der Waals surface area contributed by atoms with Crippen LogP contribution in [0, 0.1) is 11.3 Å². The number of alkyl halides is 3. The monoisotopic (exact) mass is 474 g/mol. The Hall–Kier alpha value is -2.76. The van der Waals surface area contributed by atoms with Crippen molar-refractivity contribution in [1.29, 1.82) is 5.26 Å². The number of piperidine rings is 1. The summed E-state index contributed by atoms with van der Waals surface area (Å²) in [6.07, 6.45) is -0.0722. The van der Waals surface area contributed by atoms with Gasteiger partial charge >= 0.3 is 6.18 Å². The Morgan fingerprint density at radius 1 is 1.00 bits per heavy atom. The fourth-order valence-corrected chi connectivity index (χ4v) is 4.55. The van der Waals surface area contributed by atoms with Gasteiger partial charge in [0.15, 0.2) is 6.29 Å². The van der Waals surface area contributed by atoms with E-state index >= 15 is 0 Å². The summed E-state index contributed by atoms with van der Waals surface area (Å²) in [7, 11) is 0. The standard InChI is InChI=1S/C26H29F3N2O3/c27-26(28,29)24-17-22(7-4-21(24)18-30)31-12-10-20(11-13-31)19-5-8-23(9-6-19)32-14-2-1-3-25-33-15-16-34-25/h4-9,17,20,25H,1-3,10-16H2. The fraction of sp³-hybridized carbons (Fsp3) is 0.500. The summed E-state index contributed by atoms with van der Waals surface area (Å²) in [5, 5.41) is 8.99. The molecule has 0 atom stereocenters. The zero-order chi connectivity index (χ0) is 24.0. The molecule has 2 aliphatic rings. The summed E-state index contributed by atoms with van der Waals surface area (Å²) in [5.74, 6) is 1.20. The van der Waals surface area contributed by atoms with Gasteiger partial charge < -0.3 is 19.1 Å². The van der Waals surface area contributed by atoms with E-state index in [-0.39, 0.29) is 11.9 Å². The quantitative estimate of drug-likeness (QED) is 0.447. The predicted octanol–water partition coefficient (Wildman–Crippen LogP) is 5.88. The third-order valence-corrected chi connectivity index (χ3v) is 6.43. The molecule has 2 heterocycles. The second kappa shape index (κ2) is 11.1. The Morgan fingerprint density at radius 2 is 1.71 bits per heavy atom. The van der Waals surface area contributed by atoms with Gasteiger partial charge in [0, 0.05) is 18.8 Å². The second-order valence-electron chi connectivity index (χ2n) is 8.69. The van der Waals surface area contributed by atoms with Crippen LogP contribution in [0.5, 0.6) is 5.75 Å². The molecule has 0 spiro atoms. The van der Waals surface area contributed by atoms with Crippen LogP contribution in [0.4, 0.5) is 18.9 Å². The molecular weight excluding hydrogens is 445 g/mol. The van der Waals surface area contributed by atoms with Crippen molar-refractivity contribution in [3.05, 3.63) is 59.2 Å². The van der Waals surface area contributed by atoms with Crippen molar-refractivity contribution >= 4 is 5.69 Å². The zero-order valence-corrected chi connectivity index (χ0v) is 19.0. The normalized spacial score (nSPS) is 17.6. The summed E-state index contributed by atoms with van der Waals surface area (Å²) in [6, 6.07) is 13.7. The van der Waals surface area contributed by atoms with Crippen LogP contribution < -0.4 is 9.64 Å². The van der Waals surface area contributed by atoms with E-state index in [1.807, 2.05) is 17.0 Å². The van der Waals surface area contributed by atoms with Crippen LogP contribution >= 0.6 is 0 Å². The van der Waals surface area contributed by atoms with Crippen molar-refractivity contribution < 1.29 is 27.4 Å². The van der Waals surface area contributed by atoms with Gasteiger partial charge in [0.05, 0.1) is 37.0 Å². The first kappa shape index (κ1) is 24.4. The number of hydrogen-bond acceptors (Lipinski definition) is 5. The first-order valence-electron chi connectivity index (χ1n) is 11.8. The summed E-state index contributed by atoms with van der Waals surface area (Å²) < 4.78 is 56.6. The van der Waals surface area contributed by atoms with E-state index in [2.05, 4.69) is 12.1 Å². The minimum atomic E-state index is -4.54. The van der Waals surface area contributed by atoms with E-state index in [9.17, 15) is 13.2 Å². The molecule has 0 radical (unpaired) electrons. The average molecular weight is 475 g/mol. The van der Waals surface area contributed by atoms with E-state index in [4.69, 9.17) is 19.5 Å². The van der Waals surface area contributed by atoms with E-state index < -0.39 is 11.7 Å². The number of rotatable bonds is 8. The highest BCUT2D eigenvalue weighted by Crippen LogP contribution is 2.36. The molecule has 34 heavy (non-hydrogen) atoms. The van der Waals surface area contributed by atoms with E-state index in [0.29, 0.717) is 44.5 Å². The molecule has 0 amide bonds. The summed E-state index contributed by atoms with van der Waals surface area (Å²) >= 11 is 0. The molecule has 182 valence electrons. The van der Waals surface area contributed by atoms with Gasteiger partial charge in [-0.05, 0) is 73.9 Å². The Balaban J connectivity index is 1.24. The van der Waals surface area contributed by atoms with Crippen molar-refractivity contribution in [3.8, 4) is 11.8 Å². The van der Waals surface area contributed by atoms with Gasteiger partial charge in [-0.15, -0.1) is 0 Å². The smallest absolute Gasteiger partial charge is 0.417 e. The third kappa shape index (κ3) is 6.22. The topological polar surface area (TPSA) is 54.7 Å². The van der Waals surface area contributed by atoms with Gasteiger partial charge in [-0.2, -0.15) is 18.4 Å². The van der Waals surface area contributed by atoms with Crippen molar-refractivity contribution in [2.75, 3.05) is 37.8 Å². The van der Waals surface area contributed by atoms with Crippen molar-refractivity contribution in [3.63, 3.8) is 0 Å². The molecule has 2 saturated heterocycles. The molecule has 0 unspecified atom stereocenters. The molecule has 0 N–H and O–H groups in total. The van der Waals surface area contributed by atoms with Crippen LogP contribution in [-0.2, 0) is 15.7 Å². The maximum atomic E-state index is 13.3. The SMILES string of the molecule is N#Cc1ccc(N2CCC(c3ccc(OCCCCC4OCCO4)cc3)CC2)cc1C(F)(F)F. The Kier molecular flexibility index (Phi) is 7.96. The van der Waals surface area contributed by atoms with Crippen LogP contribution in [0.25, 0.3) is 0 Å². The van der Waals surface area contributed by atoms with E-state index in [0.717, 1.165) is 43.9 Å². The summed E-state index contributed by atoms with van der Waals surface area (Å²) in [6.45, 7) is 3.35. The van der Waals surface area contributed by atoms with Crippen LogP contribution in [0.2, 0.25) is 0 Å². The second-order valence-corrected chi connectivity index (χ2v) is 8.69. The van der Waals surface area contributed by atoms with Crippen molar-refractivity contribution in [2.24, 2.45) is 0 Å². The van der Waals surface area contributed by atoms with E-state index in [1.165, 1.54) is 11.6 Å². The van der Waals surface area contributed by atoms with Gasteiger partial charge in [-0.3, -0.25) is 0 Å². The molecular formula is C26H29F3N2O3. The highest BCUT2D eigenvalue weighted by molar-refractivity contribution is 5.55. The number of ether oxygens (including phenoxy) is 3. The van der Waals surface area contributed by atoms with Crippen LogP contribution in [0.15, 0.2) is 42.5 Å². The number of anilines is 1. The van der Waals surface area contributed by atoms with Crippen LogP contribution in [0.1, 0.15) is 54.7 Å². The lowest BCUT2D eigenvalue weighted by atomic mass is 9.89. The molecule has 2 aromatic rings. The highest BCUT2D eigenvalue weighted by atomic mass is 19.4. The zero-order valence-electron chi connectivity index (χ0n) is 19.0.